The van der Waals surface area contributed by atoms with E-state index in [0.717, 1.165) is 18.7 Å². The smallest absolute Gasteiger partial charge is 0.309 e. The molecule has 0 aliphatic carbocycles. The fourth-order valence-electron chi connectivity index (χ4n) is 2.70. The van der Waals surface area contributed by atoms with Gasteiger partial charge in [0.1, 0.15) is 5.75 Å². The van der Waals surface area contributed by atoms with Crippen LogP contribution in [-0.2, 0) is 20.9 Å². The molecule has 1 aliphatic heterocycles. The van der Waals surface area contributed by atoms with Gasteiger partial charge in [-0.05, 0) is 18.6 Å². The average molecular weight is 329 g/mol. The van der Waals surface area contributed by atoms with Crippen LogP contribution < -0.4 is 9.64 Å². The van der Waals surface area contributed by atoms with E-state index in [9.17, 15) is 9.59 Å². The maximum absolute atomic E-state index is 12.7. The van der Waals surface area contributed by atoms with E-state index < -0.39 is 12.1 Å². The van der Waals surface area contributed by atoms with E-state index in [-0.39, 0.29) is 12.3 Å². The first-order chi connectivity index (χ1) is 11.7. The number of ether oxygens (including phenoxy) is 2. The normalized spacial score (nSPS) is 16.5. The standard InChI is InChI=1S/C17H19N3O4/c1-23-16(21)11-15-17(22)20(9-4-8-19-10-7-18-12-19)13-5-2-3-6-14(13)24-15/h2-3,5-7,10,12,15H,4,8-9,11H2,1H3/t15-/m0/s1. The van der Waals surface area contributed by atoms with Crippen LogP contribution in [0.25, 0.3) is 0 Å². The zero-order valence-corrected chi connectivity index (χ0v) is 13.4. The summed E-state index contributed by atoms with van der Waals surface area (Å²) in [6.45, 7) is 1.30. The maximum atomic E-state index is 12.7. The molecule has 2 heterocycles. The van der Waals surface area contributed by atoms with E-state index in [0.29, 0.717) is 12.3 Å². The number of hydrogen-bond donors (Lipinski definition) is 0. The van der Waals surface area contributed by atoms with Gasteiger partial charge in [0.05, 0.1) is 25.5 Å². The molecule has 7 heteroatoms. The zero-order chi connectivity index (χ0) is 16.9. The Balaban J connectivity index is 1.74. The lowest BCUT2D eigenvalue weighted by Gasteiger charge is -2.34. The van der Waals surface area contributed by atoms with Crippen molar-refractivity contribution in [2.75, 3.05) is 18.6 Å². The summed E-state index contributed by atoms with van der Waals surface area (Å²) in [5, 5.41) is 0. The highest BCUT2D eigenvalue weighted by atomic mass is 16.5. The topological polar surface area (TPSA) is 73.7 Å². The number of fused-ring (bicyclic) bond motifs is 1. The first-order valence-electron chi connectivity index (χ1n) is 7.78. The number of aromatic nitrogens is 2. The minimum Gasteiger partial charge on any atom is -0.478 e. The van der Waals surface area contributed by atoms with E-state index >= 15 is 0 Å². The Morgan fingerprint density at radius 3 is 2.92 bits per heavy atom. The Hall–Kier alpha value is -2.83. The van der Waals surface area contributed by atoms with E-state index in [4.69, 9.17) is 4.74 Å². The van der Waals surface area contributed by atoms with Gasteiger partial charge in [0, 0.05) is 25.5 Å². The molecule has 2 aromatic rings. The Bertz CT molecular complexity index is 714. The lowest BCUT2D eigenvalue weighted by molar-refractivity contribution is -0.145. The van der Waals surface area contributed by atoms with Gasteiger partial charge in [0.25, 0.3) is 5.91 Å². The Morgan fingerprint density at radius 2 is 2.17 bits per heavy atom. The monoisotopic (exact) mass is 329 g/mol. The van der Waals surface area contributed by atoms with Crippen LogP contribution in [0.5, 0.6) is 5.75 Å². The van der Waals surface area contributed by atoms with Gasteiger partial charge in [-0.3, -0.25) is 9.59 Å². The quantitative estimate of drug-likeness (QED) is 0.753. The average Bonchev–Trinajstić information content (AvgIpc) is 3.11. The number of carbonyl (C=O) groups is 2. The van der Waals surface area contributed by atoms with Gasteiger partial charge in [0.15, 0.2) is 6.10 Å². The van der Waals surface area contributed by atoms with Crippen LogP contribution in [0.3, 0.4) is 0 Å². The molecular formula is C17H19N3O4. The highest BCUT2D eigenvalue weighted by molar-refractivity contribution is 6.01. The molecule has 0 saturated heterocycles. The molecule has 0 radical (unpaired) electrons. The molecule has 0 spiro atoms. The maximum Gasteiger partial charge on any atom is 0.309 e. The second kappa shape index (κ2) is 7.16. The van der Waals surface area contributed by atoms with E-state index in [1.165, 1.54) is 7.11 Å². The van der Waals surface area contributed by atoms with Crippen LogP contribution in [0.2, 0.25) is 0 Å². The summed E-state index contributed by atoms with van der Waals surface area (Å²) < 4.78 is 12.3. The number of nitrogens with zero attached hydrogens (tertiary/aromatic N) is 3. The summed E-state index contributed by atoms with van der Waals surface area (Å²) in [5.41, 5.74) is 0.731. The minimum absolute atomic E-state index is 0.0955. The molecule has 1 amide bonds. The van der Waals surface area contributed by atoms with Crippen molar-refractivity contribution in [3.8, 4) is 5.75 Å². The Morgan fingerprint density at radius 1 is 1.33 bits per heavy atom. The number of amides is 1. The fraction of sp³-hybridized carbons (Fsp3) is 0.353. The van der Waals surface area contributed by atoms with Crippen molar-refractivity contribution in [3.05, 3.63) is 43.0 Å². The van der Waals surface area contributed by atoms with Crippen molar-refractivity contribution >= 4 is 17.6 Å². The van der Waals surface area contributed by atoms with Gasteiger partial charge in [-0.25, -0.2) is 4.98 Å². The van der Waals surface area contributed by atoms with Gasteiger partial charge < -0.3 is 18.9 Å². The Kier molecular flexibility index (Phi) is 4.79. The lowest BCUT2D eigenvalue weighted by Crippen LogP contribution is -2.47. The van der Waals surface area contributed by atoms with Crippen molar-refractivity contribution < 1.29 is 19.1 Å². The number of aryl methyl sites for hydroxylation is 1. The third-order valence-corrected chi connectivity index (χ3v) is 3.90. The number of rotatable bonds is 6. The van der Waals surface area contributed by atoms with Gasteiger partial charge in [-0.1, -0.05) is 12.1 Å². The first-order valence-corrected chi connectivity index (χ1v) is 7.78. The molecule has 1 aromatic heterocycles. The van der Waals surface area contributed by atoms with Crippen LogP contribution in [0.15, 0.2) is 43.0 Å². The first kappa shape index (κ1) is 16.0. The zero-order valence-electron chi connectivity index (χ0n) is 13.4. The van der Waals surface area contributed by atoms with Crippen LogP contribution in [-0.4, -0.2) is 41.2 Å². The Labute approximate surface area is 139 Å². The summed E-state index contributed by atoms with van der Waals surface area (Å²) in [4.78, 5) is 29.9. The third kappa shape index (κ3) is 3.40. The van der Waals surface area contributed by atoms with Crippen molar-refractivity contribution in [2.45, 2.75) is 25.5 Å². The highest BCUT2D eigenvalue weighted by Crippen LogP contribution is 2.34. The van der Waals surface area contributed by atoms with Gasteiger partial charge in [-0.15, -0.1) is 0 Å². The van der Waals surface area contributed by atoms with E-state index in [1.54, 1.807) is 23.5 Å². The molecule has 1 aromatic carbocycles. The SMILES string of the molecule is COC(=O)C[C@@H]1Oc2ccccc2N(CCCn2ccnc2)C1=O. The second-order valence-electron chi connectivity index (χ2n) is 5.50. The predicted octanol–water partition coefficient (Wildman–Crippen LogP) is 1.63. The summed E-state index contributed by atoms with van der Waals surface area (Å²) >= 11 is 0. The van der Waals surface area contributed by atoms with Crippen LogP contribution >= 0.6 is 0 Å². The van der Waals surface area contributed by atoms with Gasteiger partial charge >= 0.3 is 5.97 Å². The van der Waals surface area contributed by atoms with E-state index in [1.807, 2.05) is 29.0 Å². The molecular weight excluding hydrogens is 310 g/mol. The number of methoxy groups -OCH3 is 1. The number of anilines is 1. The summed E-state index contributed by atoms with van der Waals surface area (Å²) in [6, 6.07) is 7.35. The summed E-state index contributed by atoms with van der Waals surface area (Å²) in [5.74, 6) is -0.0792. The number of para-hydroxylation sites is 2. The molecule has 0 N–H and O–H groups in total. The van der Waals surface area contributed by atoms with Crippen molar-refractivity contribution in [2.24, 2.45) is 0 Å². The number of benzene rings is 1. The van der Waals surface area contributed by atoms with Crippen molar-refractivity contribution in [3.63, 3.8) is 0 Å². The lowest BCUT2D eigenvalue weighted by atomic mass is 10.1. The largest absolute Gasteiger partial charge is 0.478 e. The van der Waals surface area contributed by atoms with Crippen molar-refractivity contribution in [1.82, 2.24) is 9.55 Å². The molecule has 126 valence electrons. The van der Waals surface area contributed by atoms with Gasteiger partial charge in [0.2, 0.25) is 0 Å². The summed E-state index contributed by atoms with van der Waals surface area (Å²) in [6.07, 6.45) is 5.18. The number of imidazole rings is 1. The second-order valence-corrected chi connectivity index (χ2v) is 5.50. The molecule has 7 nitrogen and oxygen atoms in total. The summed E-state index contributed by atoms with van der Waals surface area (Å²) in [7, 11) is 1.30. The number of esters is 1. The van der Waals surface area contributed by atoms with E-state index in [2.05, 4.69) is 9.72 Å². The molecule has 0 saturated carbocycles. The van der Waals surface area contributed by atoms with Crippen LogP contribution in [0, 0.1) is 0 Å². The van der Waals surface area contributed by atoms with Gasteiger partial charge in [-0.2, -0.15) is 0 Å². The third-order valence-electron chi connectivity index (χ3n) is 3.90. The molecule has 0 fully saturated rings. The predicted molar refractivity (Wildman–Crippen MR) is 86.7 cm³/mol. The molecule has 24 heavy (non-hydrogen) atoms. The van der Waals surface area contributed by atoms with Crippen LogP contribution in [0.1, 0.15) is 12.8 Å². The van der Waals surface area contributed by atoms with Crippen molar-refractivity contribution in [1.29, 1.82) is 0 Å². The molecule has 1 atom stereocenters. The highest BCUT2D eigenvalue weighted by Gasteiger charge is 2.35. The fourth-order valence-corrected chi connectivity index (χ4v) is 2.70. The molecule has 3 rings (SSSR count). The minimum atomic E-state index is -0.847. The molecule has 1 aliphatic rings. The number of hydrogen-bond acceptors (Lipinski definition) is 5. The van der Waals surface area contributed by atoms with Crippen LogP contribution in [0.4, 0.5) is 5.69 Å². The molecule has 0 bridgehead atoms. The molecule has 0 unspecified atom stereocenters. The number of carbonyl (C=O) groups excluding carboxylic acids is 2.